The first-order valence-electron chi connectivity index (χ1n) is 8.70. The van der Waals surface area contributed by atoms with Crippen molar-refractivity contribution in [2.45, 2.75) is 12.8 Å². The first-order chi connectivity index (χ1) is 12.5. The molecule has 1 aliphatic rings. The lowest BCUT2D eigenvalue weighted by Crippen LogP contribution is -2.50. The van der Waals surface area contributed by atoms with E-state index in [1.54, 1.807) is 29.2 Å². The molecule has 0 saturated carbocycles. The van der Waals surface area contributed by atoms with Crippen LogP contribution in [-0.2, 0) is 11.2 Å². The molecule has 26 heavy (non-hydrogen) atoms. The van der Waals surface area contributed by atoms with Gasteiger partial charge in [-0.3, -0.25) is 9.59 Å². The fraction of sp³-hybridized carbons (Fsp3) is 0.300. The van der Waals surface area contributed by atoms with E-state index < -0.39 is 0 Å². The van der Waals surface area contributed by atoms with Crippen molar-refractivity contribution in [2.75, 3.05) is 31.9 Å². The van der Waals surface area contributed by atoms with Crippen LogP contribution in [0, 0.1) is 0 Å². The van der Waals surface area contributed by atoms with Gasteiger partial charge in [0.15, 0.2) is 0 Å². The summed E-state index contributed by atoms with van der Waals surface area (Å²) in [7, 11) is 0. The minimum Gasteiger partial charge on any atom is -0.399 e. The van der Waals surface area contributed by atoms with Crippen LogP contribution < -0.4 is 5.73 Å². The number of rotatable bonds is 4. The smallest absolute Gasteiger partial charge is 0.253 e. The van der Waals surface area contributed by atoms with Crippen molar-refractivity contribution in [1.82, 2.24) is 9.80 Å². The number of para-hydroxylation sites is 1. The molecule has 5 nitrogen and oxygen atoms in total. The van der Waals surface area contributed by atoms with Crippen molar-refractivity contribution in [2.24, 2.45) is 0 Å². The third-order valence-electron chi connectivity index (χ3n) is 4.67. The Balaban J connectivity index is 1.50. The predicted octanol–water partition coefficient (Wildman–Crippen LogP) is 2.84. The number of benzene rings is 2. The molecule has 0 bridgehead atoms. The molecule has 1 aliphatic heterocycles. The van der Waals surface area contributed by atoms with E-state index in [0.29, 0.717) is 49.6 Å². The summed E-state index contributed by atoms with van der Waals surface area (Å²) in [6.07, 6.45) is 1.06. The summed E-state index contributed by atoms with van der Waals surface area (Å²) in [5.41, 5.74) is 8.26. The number of nitrogens with two attached hydrogens (primary N) is 1. The van der Waals surface area contributed by atoms with Gasteiger partial charge in [0, 0.05) is 48.9 Å². The second-order valence-electron chi connectivity index (χ2n) is 6.38. The van der Waals surface area contributed by atoms with Gasteiger partial charge >= 0.3 is 0 Å². The monoisotopic (exact) mass is 371 g/mol. The van der Waals surface area contributed by atoms with Crippen molar-refractivity contribution in [3.05, 3.63) is 64.7 Å². The molecular weight excluding hydrogens is 350 g/mol. The Morgan fingerprint density at radius 1 is 0.923 bits per heavy atom. The fourth-order valence-corrected chi connectivity index (χ4v) is 3.22. The van der Waals surface area contributed by atoms with Gasteiger partial charge < -0.3 is 15.5 Å². The summed E-state index contributed by atoms with van der Waals surface area (Å²) >= 11 is 5.86. The molecule has 1 fully saturated rings. The zero-order chi connectivity index (χ0) is 18.5. The van der Waals surface area contributed by atoms with E-state index in [0.717, 1.165) is 11.3 Å². The molecule has 2 aromatic carbocycles. The van der Waals surface area contributed by atoms with Crippen LogP contribution >= 0.6 is 11.6 Å². The standard InChI is InChI=1S/C20H22ClN3O2/c21-17-8-5-16(6-9-17)20(26)24-13-11-23(12-14-24)19(25)10-7-15-3-1-2-4-18(15)22/h1-6,8-9H,7,10-14,22H2. The lowest BCUT2D eigenvalue weighted by atomic mass is 10.1. The molecule has 0 spiro atoms. The number of piperazine rings is 1. The van der Waals surface area contributed by atoms with Crippen molar-refractivity contribution >= 4 is 29.1 Å². The first-order valence-corrected chi connectivity index (χ1v) is 9.08. The molecule has 2 N–H and O–H groups in total. The van der Waals surface area contributed by atoms with Crippen molar-refractivity contribution < 1.29 is 9.59 Å². The molecule has 2 aromatic rings. The van der Waals surface area contributed by atoms with Crippen LogP contribution in [0.2, 0.25) is 5.02 Å². The van der Waals surface area contributed by atoms with Crippen LogP contribution in [0.3, 0.4) is 0 Å². The number of hydrogen-bond donors (Lipinski definition) is 1. The lowest BCUT2D eigenvalue weighted by Gasteiger charge is -2.35. The first kappa shape index (κ1) is 18.3. The van der Waals surface area contributed by atoms with E-state index in [-0.39, 0.29) is 11.8 Å². The van der Waals surface area contributed by atoms with Gasteiger partial charge in [-0.15, -0.1) is 0 Å². The molecule has 136 valence electrons. The predicted molar refractivity (Wildman–Crippen MR) is 103 cm³/mol. The summed E-state index contributed by atoms with van der Waals surface area (Å²) in [5, 5.41) is 0.607. The number of aryl methyl sites for hydroxylation is 1. The second-order valence-corrected chi connectivity index (χ2v) is 6.82. The van der Waals surface area contributed by atoms with Gasteiger partial charge in [0.1, 0.15) is 0 Å². The molecular formula is C20H22ClN3O2. The number of amides is 2. The van der Waals surface area contributed by atoms with Gasteiger partial charge in [-0.05, 0) is 42.3 Å². The summed E-state index contributed by atoms with van der Waals surface area (Å²) in [6.45, 7) is 2.20. The molecule has 0 aliphatic carbocycles. The third-order valence-corrected chi connectivity index (χ3v) is 4.93. The second kappa shape index (κ2) is 8.23. The van der Waals surface area contributed by atoms with E-state index in [1.165, 1.54) is 0 Å². The average molecular weight is 372 g/mol. The molecule has 1 heterocycles. The highest BCUT2D eigenvalue weighted by molar-refractivity contribution is 6.30. The van der Waals surface area contributed by atoms with Gasteiger partial charge in [0.05, 0.1) is 0 Å². The van der Waals surface area contributed by atoms with E-state index in [9.17, 15) is 9.59 Å². The number of carbonyl (C=O) groups excluding carboxylic acids is 2. The number of anilines is 1. The molecule has 0 radical (unpaired) electrons. The maximum atomic E-state index is 12.5. The van der Waals surface area contributed by atoms with E-state index >= 15 is 0 Å². The lowest BCUT2D eigenvalue weighted by molar-refractivity contribution is -0.132. The van der Waals surface area contributed by atoms with Crippen LogP contribution in [0.1, 0.15) is 22.3 Å². The molecule has 6 heteroatoms. The number of nitrogen functional groups attached to an aromatic ring is 1. The van der Waals surface area contributed by atoms with E-state index in [4.69, 9.17) is 17.3 Å². The van der Waals surface area contributed by atoms with E-state index in [2.05, 4.69) is 0 Å². The Bertz CT molecular complexity index is 784. The number of halogens is 1. The Labute approximate surface area is 158 Å². The molecule has 1 saturated heterocycles. The van der Waals surface area contributed by atoms with Gasteiger partial charge in [-0.1, -0.05) is 29.8 Å². The highest BCUT2D eigenvalue weighted by atomic mass is 35.5. The van der Waals surface area contributed by atoms with Crippen LogP contribution in [0.5, 0.6) is 0 Å². The maximum Gasteiger partial charge on any atom is 0.253 e. The molecule has 0 atom stereocenters. The quantitative estimate of drug-likeness (QED) is 0.840. The van der Waals surface area contributed by atoms with Crippen molar-refractivity contribution in [3.63, 3.8) is 0 Å². The van der Waals surface area contributed by atoms with Gasteiger partial charge in [0.2, 0.25) is 5.91 Å². The van der Waals surface area contributed by atoms with Crippen LogP contribution in [0.4, 0.5) is 5.69 Å². The summed E-state index contributed by atoms with van der Waals surface area (Å²) in [6, 6.07) is 14.5. The number of carbonyl (C=O) groups is 2. The Morgan fingerprint density at radius 2 is 1.54 bits per heavy atom. The molecule has 0 aromatic heterocycles. The molecule has 2 amide bonds. The van der Waals surface area contributed by atoms with Gasteiger partial charge in [-0.25, -0.2) is 0 Å². The van der Waals surface area contributed by atoms with Crippen LogP contribution in [0.25, 0.3) is 0 Å². The van der Waals surface area contributed by atoms with E-state index in [1.807, 2.05) is 29.2 Å². The minimum atomic E-state index is -0.0224. The summed E-state index contributed by atoms with van der Waals surface area (Å²) in [4.78, 5) is 28.5. The third kappa shape index (κ3) is 4.35. The average Bonchev–Trinajstić information content (AvgIpc) is 2.67. The highest BCUT2D eigenvalue weighted by Crippen LogP contribution is 2.16. The normalized spacial score (nSPS) is 14.3. The fourth-order valence-electron chi connectivity index (χ4n) is 3.10. The maximum absolute atomic E-state index is 12.5. The van der Waals surface area contributed by atoms with Crippen molar-refractivity contribution in [3.8, 4) is 0 Å². The zero-order valence-corrected chi connectivity index (χ0v) is 15.3. The number of hydrogen-bond acceptors (Lipinski definition) is 3. The Hall–Kier alpha value is -2.53. The topological polar surface area (TPSA) is 66.6 Å². The van der Waals surface area contributed by atoms with Crippen molar-refractivity contribution in [1.29, 1.82) is 0 Å². The Kier molecular flexibility index (Phi) is 5.78. The van der Waals surface area contributed by atoms with Gasteiger partial charge in [-0.2, -0.15) is 0 Å². The zero-order valence-electron chi connectivity index (χ0n) is 14.5. The summed E-state index contributed by atoms with van der Waals surface area (Å²) < 4.78 is 0. The van der Waals surface area contributed by atoms with Crippen LogP contribution in [-0.4, -0.2) is 47.8 Å². The SMILES string of the molecule is Nc1ccccc1CCC(=O)N1CCN(C(=O)c2ccc(Cl)cc2)CC1. The minimum absolute atomic E-state index is 0.0224. The highest BCUT2D eigenvalue weighted by Gasteiger charge is 2.24. The van der Waals surface area contributed by atoms with Gasteiger partial charge in [0.25, 0.3) is 5.91 Å². The van der Waals surface area contributed by atoms with Crippen LogP contribution in [0.15, 0.2) is 48.5 Å². The number of nitrogens with zero attached hydrogens (tertiary/aromatic N) is 2. The summed E-state index contributed by atoms with van der Waals surface area (Å²) in [5.74, 6) is 0.0812. The largest absolute Gasteiger partial charge is 0.399 e. The Morgan fingerprint density at radius 3 is 2.19 bits per heavy atom. The molecule has 0 unspecified atom stereocenters. The molecule has 3 rings (SSSR count).